The molecule has 1 saturated heterocycles. The molecule has 0 aromatic carbocycles. The molecule has 2 fully saturated rings. The van der Waals surface area contributed by atoms with Crippen LogP contribution < -0.4 is 5.32 Å². The van der Waals surface area contributed by atoms with E-state index in [-0.39, 0.29) is 12.8 Å². The van der Waals surface area contributed by atoms with Crippen LogP contribution in [0.3, 0.4) is 0 Å². The van der Waals surface area contributed by atoms with Gasteiger partial charge < -0.3 is 15.5 Å². The van der Waals surface area contributed by atoms with Gasteiger partial charge in [0.15, 0.2) is 0 Å². The van der Waals surface area contributed by atoms with Crippen LogP contribution in [-0.2, 0) is 14.4 Å². The zero-order valence-corrected chi connectivity index (χ0v) is 11.8. The number of carboxylic acid groups (broad SMARTS) is 2. The van der Waals surface area contributed by atoms with Crippen LogP contribution in [0.15, 0.2) is 0 Å². The molecule has 1 saturated carbocycles. The summed E-state index contributed by atoms with van der Waals surface area (Å²) in [6, 6.07) is 0.923. The lowest BCUT2D eigenvalue weighted by atomic mass is 9.77. The first-order chi connectivity index (χ1) is 9.40. The molecule has 114 valence electrons. The van der Waals surface area contributed by atoms with Crippen molar-refractivity contribution >= 4 is 17.7 Å². The molecule has 2 rings (SSSR count). The Kier molecular flexibility index (Phi) is 6.64. The molecule has 3 atom stereocenters. The fraction of sp³-hybridized carbons (Fsp3) is 0.786. The quantitative estimate of drug-likeness (QED) is 0.724. The first kappa shape index (κ1) is 16.6. The number of carbonyl (C=O) groups excluding carboxylic acids is 1. The molecule has 1 aliphatic heterocycles. The summed E-state index contributed by atoms with van der Waals surface area (Å²) >= 11 is 0. The normalized spacial score (nSPS) is 28.9. The molecule has 1 unspecified atom stereocenters. The molecule has 2 aliphatic rings. The van der Waals surface area contributed by atoms with Gasteiger partial charge in [-0.05, 0) is 19.8 Å². The maximum Gasteiger partial charge on any atom is 0.303 e. The highest BCUT2D eigenvalue weighted by Gasteiger charge is 2.35. The predicted octanol–water partition coefficient (Wildman–Crippen LogP) is 1.43. The molecule has 0 aromatic heterocycles. The highest BCUT2D eigenvalue weighted by molar-refractivity contribution is 5.83. The van der Waals surface area contributed by atoms with E-state index in [4.69, 9.17) is 10.2 Å². The number of rotatable bonds is 3. The number of hydrogen-bond donors (Lipinski definition) is 3. The van der Waals surface area contributed by atoms with E-state index in [9.17, 15) is 14.4 Å². The summed E-state index contributed by atoms with van der Waals surface area (Å²) < 4.78 is 0. The second-order valence-electron chi connectivity index (χ2n) is 5.52. The van der Waals surface area contributed by atoms with Crippen LogP contribution in [0.5, 0.6) is 0 Å². The largest absolute Gasteiger partial charge is 0.481 e. The van der Waals surface area contributed by atoms with E-state index in [2.05, 4.69) is 12.2 Å². The zero-order chi connectivity index (χ0) is 15.1. The van der Waals surface area contributed by atoms with Crippen molar-refractivity contribution in [1.82, 2.24) is 5.32 Å². The number of piperidine rings is 1. The monoisotopic (exact) mass is 285 g/mol. The van der Waals surface area contributed by atoms with Crippen LogP contribution in [0, 0.1) is 5.92 Å². The van der Waals surface area contributed by atoms with Gasteiger partial charge in [0.25, 0.3) is 0 Å². The maximum atomic E-state index is 11.6. The van der Waals surface area contributed by atoms with Crippen LogP contribution >= 0.6 is 0 Å². The highest BCUT2D eigenvalue weighted by atomic mass is 16.4. The molecule has 1 heterocycles. The van der Waals surface area contributed by atoms with Gasteiger partial charge in [0.05, 0.1) is 12.8 Å². The smallest absolute Gasteiger partial charge is 0.303 e. The number of ketones is 1. The molecule has 1 aliphatic carbocycles. The first-order valence-electron chi connectivity index (χ1n) is 7.12. The molecule has 3 N–H and O–H groups in total. The number of hydrogen-bond acceptors (Lipinski definition) is 4. The Balaban J connectivity index is 0.000000221. The van der Waals surface area contributed by atoms with Gasteiger partial charge >= 0.3 is 11.9 Å². The number of fused-ring (bicyclic) bond motifs is 1. The summed E-state index contributed by atoms with van der Waals surface area (Å²) in [6.07, 6.45) is 5.05. The Morgan fingerprint density at radius 3 is 2.25 bits per heavy atom. The second-order valence-corrected chi connectivity index (χ2v) is 5.52. The number of carboxylic acids is 2. The summed E-state index contributed by atoms with van der Waals surface area (Å²) in [5.74, 6) is -1.29. The minimum atomic E-state index is -1.08. The van der Waals surface area contributed by atoms with E-state index in [0.29, 0.717) is 23.8 Å². The maximum absolute atomic E-state index is 11.6. The van der Waals surface area contributed by atoms with Gasteiger partial charge in [-0.3, -0.25) is 14.4 Å². The lowest BCUT2D eigenvalue weighted by Gasteiger charge is -2.38. The SMILES string of the molecule is C[C@@H]1CC(=O)C2CCCC[C@H]2N1.O=C(O)CCC(=O)O. The van der Waals surface area contributed by atoms with Crippen molar-refractivity contribution in [2.24, 2.45) is 5.92 Å². The van der Waals surface area contributed by atoms with Crippen molar-refractivity contribution < 1.29 is 24.6 Å². The van der Waals surface area contributed by atoms with Crippen LogP contribution in [0.25, 0.3) is 0 Å². The summed E-state index contributed by atoms with van der Waals surface area (Å²) in [6.45, 7) is 2.11. The third-order valence-corrected chi connectivity index (χ3v) is 3.74. The Bertz CT molecular complexity index is 355. The van der Waals surface area contributed by atoms with Crippen LogP contribution in [-0.4, -0.2) is 40.0 Å². The predicted molar refractivity (Wildman–Crippen MR) is 72.5 cm³/mol. The fourth-order valence-electron chi connectivity index (χ4n) is 2.81. The lowest BCUT2D eigenvalue weighted by molar-refractivity contribution is -0.143. The van der Waals surface area contributed by atoms with Crippen molar-refractivity contribution in [3.63, 3.8) is 0 Å². The van der Waals surface area contributed by atoms with Crippen molar-refractivity contribution in [1.29, 1.82) is 0 Å². The lowest BCUT2D eigenvalue weighted by Crippen LogP contribution is -2.52. The average molecular weight is 285 g/mol. The van der Waals surface area contributed by atoms with Gasteiger partial charge in [0.1, 0.15) is 5.78 Å². The molecule has 0 bridgehead atoms. The van der Waals surface area contributed by atoms with Crippen LogP contribution in [0.1, 0.15) is 51.9 Å². The Hall–Kier alpha value is -1.43. The number of Topliss-reactive ketones (excluding diaryl/α,β-unsaturated/α-hetero) is 1. The molecule has 20 heavy (non-hydrogen) atoms. The number of nitrogens with one attached hydrogen (secondary N) is 1. The van der Waals surface area contributed by atoms with Gasteiger partial charge in [0, 0.05) is 24.4 Å². The Morgan fingerprint density at radius 1 is 1.15 bits per heavy atom. The molecule has 6 heteroatoms. The van der Waals surface area contributed by atoms with Gasteiger partial charge in [0.2, 0.25) is 0 Å². The van der Waals surface area contributed by atoms with E-state index in [1.54, 1.807) is 0 Å². The van der Waals surface area contributed by atoms with Crippen molar-refractivity contribution in [3.8, 4) is 0 Å². The molecule has 0 spiro atoms. The third-order valence-electron chi connectivity index (χ3n) is 3.74. The fourth-order valence-corrected chi connectivity index (χ4v) is 2.81. The standard InChI is InChI=1S/C10H17NO.C4H6O4/c1-7-6-10(12)8-4-2-3-5-9(8)11-7;5-3(6)1-2-4(7)8/h7-9,11H,2-6H2,1H3;1-2H2,(H,5,6)(H,7,8)/t7-,8?,9-;/m1./s1. The zero-order valence-electron chi connectivity index (χ0n) is 11.8. The van der Waals surface area contributed by atoms with E-state index in [0.717, 1.165) is 12.8 Å². The Morgan fingerprint density at radius 2 is 1.70 bits per heavy atom. The van der Waals surface area contributed by atoms with Crippen molar-refractivity contribution in [3.05, 3.63) is 0 Å². The number of carbonyl (C=O) groups is 3. The van der Waals surface area contributed by atoms with Gasteiger partial charge in [-0.1, -0.05) is 12.8 Å². The summed E-state index contributed by atoms with van der Waals surface area (Å²) in [5, 5.41) is 19.3. The summed E-state index contributed by atoms with van der Waals surface area (Å²) in [4.78, 5) is 30.9. The molecule has 0 aromatic rings. The topological polar surface area (TPSA) is 104 Å². The minimum absolute atomic E-state index is 0.296. The van der Waals surface area contributed by atoms with E-state index in [1.807, 2.05) is 0 Å². The van der Waals surface area contributed by atoms with Crippen LogP contribution in [0.4, 0.5) is 0 Å². The van der Waals surface area contributed by atoms with E-state index in [1.165, 1.54) is 19.3 Å². The van der Waals surface area contributed by atoms with Gasteiger partial charge in [-0.15, -0.1) is 0 Å². The minimum Gasteiger partial charge on any atom is -0.481 e. The second kappa shape index (κ2) is 7.99. The first-order valence-corrected chi connectivity index (χ1v) is 7.12. The van der Waals surface area contributed by atoms with E-state index < -0.39 is 11.9 Å². The molecule has 6 nitrogen and oxygen atoms in total. The molecule has 0 amide bonds. The van der Waals surface area contributed by atoms with Gasteiger partial charge in [-0.25, -0.2) is 0 Å². The van der Waals surface area contributed by atoms with Crippen molar-refractivity contribution in [2.45, 2.75) is 64.0 Å². The third kappa shape index (κ3) is 5.69. The van der Waals surface area contributed by atoms with Crippen molar-refractivity contribution in [2.75, 3.05) is 0 Å². The summed E-state index contributed by atoms with van der Waals surface area (Å²) in [7, 11) is 0. The molecular formula is C14H23NO5. The summed E-state index contributed by atoms with van der Waals surface area (Å²) in [5.41, 5.74) is 0. The van der Waals surface area contributed by atoms with E-state index >= 15 is 0 Å². The average Bonchev–Trinajstić information content (AvgIpc) is 2.37. The number of aliphatic carboxylic acids is 2. The van der Waals surface area contributed by atoms with Crippen LogP contribution in [0.2, 0.25) is 0 Å². The molecule has 0 radical (unpaired) electrons. The molecular weight excluding hydrogens is 262 g/mol. The highest BCUT2D eigenvalue weighted by Crippen LogP contribution is 2.29. The van der Waals surface area contributed by atoms with Gasteiger partial charge in [-0.2, -0.15) is 0 Å². The Labute approximate surface area is 118 Å².